The Morgan fingerprint density at radius 1 is 1.28 bits per heavy atom. The summed E-state index contributed by atoms with van der Waals surface area (Å²) in [4.78, 5) is 21.6. The van der Waals surface area contributed by atoms with Crippen LogP contribution in [0.2, 0.25) is 0 Å². The fourth-order valence-corrected chi connectivity index (χ4v) is 3.37. The SMILES string of the molecule is Cc1ccc2nc(C3=C(O)CN(c4cccc(C(=O)OC(C)C)c4)C3=N)[nH]c2c1. The highest BCUT2D eigenvalue weighted by molar-refractivity contribution is 6.30. The summed E-state index contributed by atoms with van der Waals surface area (Å²) in [7, 11) is 0. The van der Waals surface area contributed by atoms with Crippen molar-refractivity contribution in [1.82, 2.24) is 9.97 Å². The number of imidazole rings is 1. The van der Waals surface area contributed by atoms with Crippen molar-refractivity contribution < 1.29 is 14.6 Å². The maximum Gasteiger partial charge on any atom is 0.338 e. The van der Waals surface area contributed by atoms with E-state index in [1.165, 1.54) is 0 Å². The van der Waals surface area contributed by atoms with Crippen LogP contribution in [0.5, 0.6) is 0 Å². The van der Waals surface area contributed by atoms with E-state index < -0.39 is 5.97 Å². The van der Waals surface area contributed by atoms with Gasteiger partial charge in [0, 0.05) is 5.69 Å². The summed E-state index contributed by atoms with van der Waals surface area (Å²) in [6.45, 7) is 5.71. The number of aliphatic hydroxyl groups is 1. The average molecular weight is 390 g/mol. The molecule has 7 nitrogen and oxygen atoms in total. The number of ether oxygens (including phenoxy) is 1. The van der Waals surface area contributed by atoms with E-state index in [9.17, 15) is 9.90 Å². The summed E-state index contributed by atoms with van der Waals surface area (Å²) < 4.78 is 5.25. The second-order valence-electron chi connectivity index (χ2n) is 7.37. The third-order valence-electron chi connectivity index (χ3n) is 4.71. The molecule has 3 aromatic rings. The highest BCUT2D eigenvalue weighted by Gasteiger charge is 2.31. The number of esters is 1. The monoisotopic (exact) mass is 390 g/mol. The summed E-state index contributed by atoms with van der Waals surface area (Å²) in [6, 6.07) is 12.7. The van der Waals surface area contributed by atoms with E-state index in [1.54, 1.807) is 43.0 Å². The van der Waals surface area contributed by atoms with Crippen molar-refractivity contribution in [3.63, 3.8) is 0 Å². The van der Waals surface area contributed by atoms with Crippen molar-refractivity contribution in [2.45, 2.75) is 26.9 Å². The van der Waals surface area contributed by atoms with Crippen LogP contribution in [-0.4, -0.2) is 39.5 Å². The normalized spacial score (nSPS) is 14.3. The lowest BCUT2D eigenvalue weighted by Crippen LogP contribution is -2.26. The molecular weight excluding hydrogens is 368 g/mol. The van der Waals surface area contributed by atoms with Gasteiger partial charge in [0.05, 0.1) is 34.8 Å². The Morgan fingerprint density at radius 3 is 2.83 bits per heavy atom. The number of H-pyrrole nitrogens is 1. The van der Waals surface area contributed by atoms with Crippen LogP contribution in [0.25, 0.3) is 16.6 Å². The molecule has 1 aromatic heterocycles. The molecule has 7 heteroatoms. The smallest absolute Gasteiger partial charge is 0.338 e. The summed E-state index contributed by atoms with van der Waals surface area (Å²) in [5, 5.41) is 19.2. The van der Waals surface area contributed by atoms with Gasteiger partial charge >= 0.3 is 5.97 Å². The van der Waals surface area contributed by atoms with Gasteiger partial charge in [-0.2, -0.15) is 0 Å². The Kier molecular flexibility index (Phi) is 4.58. The fraction of sp³-hybridized carbons (Fsp3) is 0.227. The standard InChI is InChI=1S/C22H22N4O3/c1-12(2)29-22(28)14-5-4-6-15(10-14)26-11-18(27)19(20(26)23)21-24-16-8-7-13(3)9-17(16)25-21/h4-10,12,23,27H,11H2,1-3H3,(H,24,25). The third kappa shape index (κ3) is 3.47. The first-order valence-corrected chi connectivity index (χ1v) is 9.40. The molecule has 0 saturated heterocycles. The van der Waals surface area contributed by atoms with E-state index in [4.69, 9.17) is 10.1 Å². The van der Waals surface area contributed by atoms with Gasteiger partial charge < -0.3 is 19.7 Å². The minimum absolute atomic E-state index is 0.0564. The number of aryl methyl sites for hydroxylation is 1. The number of hydrogen-bond donors (Lipinski definition) is 3. The van der Waals surface area contributed by atoms with Crippen LogP contribution in [-0.2, 0) is 4.74 Å². The van der Waals surface area contributed by atoms with Crippen molar-refractivity contribution >= 4 is 34.1 Å². The number of amidine groups is 1. The minimum atomic E-state index is -0.419. The molecule has 3 N–H and O–H groups in total. The highest BCUT2D eigenvalue weighted by atomic mass is 16.5. The van der Waals surface area contributed by atoms with Gasteiger partial charge in [0.25, 0.3) is 0 Å². The summed E-state index contributed by atoms with van der Waals surface area (Å²) >= 11 is 0. The van der Waals surface area contributed by atoms with Gasteiger partial charge in [-0.05, 0) is 56.7 Å². The molecule has 0 unspecified atom stereocenters. The zero-order valence-electron chi connectivity index (χ0n) is 16.5. The predicted octanol–water partition coefficient (Wildman–Crippen LogP) is 4.20. The molecule has 0 spiro atoms. The molecule has 0 radical (unpaired) electrons. The topological polar surface area (TPSA) is 102 Å². The molecule has 29 heavy (non-hydrogen) atoms. The number of anilines is 1. The molecule has 148 valence electrons. The first-order valence-electron chi connectivity index (χ1n) is 9.40. The van der Waals surface area contributed by atoms with Crippen LogP contribution in [0, 0.1) is 12.3 Å². The Balaban J connectivity index is 1.64. The van der Waals surface area contributed by atoms with E-state index in [2.05, 4.69) is 9.97 Å². The molecule has 0 fully saturated rings. The third-order valence-corrected chi connectivity index (χ3v) is 4.71. The molecule has 0 amide bonds. The molecule has 1 aliphatic heterocycles. The molecular formula is C22H22N4O3. The number of rotatable bonds is 4. The maximum absolute atomic E-state index is 12.2. The molecule has 0 saturated carbocycles. The Morgan fingerprint density at radius 2 is 2.07 bits per heavy atom. The zero-order valence-corrected chi connectivity index (χ0v) is 16.5. The van der Waals surface area contributed by atoms with Crippen LogP contribution in [0.15, 0.2) is 48.2 Å². The van der Waals surface area contributed by atoms with Crippen molar-refractivity contribution in [3.8, 4) is 0 Å². The molecule has 4 rings (SSSR count). The van der Waals surface area contributed by atoms with E-state index >= 15 is 0 Å². The molecule has 0 bridgehead atoms. The largest absolute Gasteiger partial charge is 0.509 e. The number of nitrogens with one attached hydrogen (secondary N) is 2. The predicted molar refractivity (Wildman–Crippen MR) is 112 cm³/mol. The number of carbonyl (C=O) groups excluding carboxylic acids is 1. The average Bonchev–Trinajstić information content (AvgIpc) is 3.20. The lowest BCUT2D eigenvalue weighted by molar-refractivity contribution is 0.0378. The van der Waals surface area contributed by atoms with Crippen LogP contribution >= 0.6 is 0 Å². The Labute approximate surface area is 168 Å². The van der Waals surface area contributed by atoms with Gasteiger partial charge in [-0.25, -0.2) is 9.78 Å². The molecule has 0 atom stereocenters. The fourth-order valence-electron chi connectivity index (χ4n) is 3.37. The van der Waals surface area contributed by atoms with Crippen molar-refractivity contribution in [2.24, 2.45) is 0 Å². The van der Waals surface area contributed by atoms with E-state index in [0.29, 0.717) is 22.6 Å². The van der Waals surface area contributed by atoms with Gasteiger partial charge in [-0.1, -0.05) is 12.1 Å². The van der Waals surface area contributed by atoms with Crippen molar-refractivity contribution in [1.29, 1.82) is 5.41 Å². The van der Waals surface area contributed by atoms with Crippen LogP contribution < -0.4 is 4.90 Å². The summed E-state index contributed by atoms with van der Waals surface area (Å²) in [5.41, 5.74) is 4.10. The lowest BCUT2D eigenvalue weighted by Gasteiger charge is -2.19. The molecule has 2 heterocycles. The quantitative estimate of drug-likeness (QED) is 0.579. The number of aromatic amines is 1. The van der Waals surface area contributed by atoms with Gasteiger partial charge in [-0.3, -0.25) is 5.41 Å². The second kappa shape index (κ2) is 7.09. The Bertz CT molecular complexity index is 1160. The van der Waals surface area contributed by atoms with Gasteiger partial charge in [0.2, 0.25) is 0 Å². The van der Waals surface area contributed by atoms with Gasteiger partial charge in [0.15, 0.2) is 0 Å². The number of carbonyl (C=O) groups is 1. The van der Waals surface area contributed by atoms with Crippen LogP contribution in [0.3, 0.4) is 0 Å². The van der Waals surface area contributed by atoms with Crippen LogP contribution in [0.1, 0.15) is 35.6 Å². The first-order chi connectivity index (χ1) is 13.8. The van der Waals surface area contributed by atoms with E-state index in [0.717, 1.165) is 16.6 Å². The van der Waals surface area contributed by atoms with Gasteiger partial charge in [-0.15, -0.1) is 0 Å². The van der Waals surface area contributed by atoms with E-state index in [1.807, 2.05) is 25.1 Å². The first kappa shape index (κ1) is 18.7. The van der Waals surface area contributed by atoms with Crippen molar-refractivity contribution in [3.05, 3.63) is 65.2 Å². The maximum atomic E-state index is 12.2. The number of aromatic nitrogens is 2. The number of aliphatic hydroxyl groups excluding tert-OH is 1. The molecule has 1 aliphatic rings. The number of fused-ring (bicyclic) bond motifs is 1. The molecule has 2 aromatic carbocycles. The Hall–Kier alpha value is -3.61. The number of benzene rings is 2. The number of hydrogen-bond acceptors (Lipinski definition) is 5. The highest BCUT2D eigenvalue weighted by Crippen LogP contribution is 2.31. The van der Waals surface area contributed by atoms with Crippen molar-refractivity contribution in [2.75, 3.05) is 11.4 Å². The van der Waals surface area contributed by atoms with E-state index in [-0.39, 0.29) is 24.2 Å². The molecule has 0 aliphatic carbocycles. The van der Waals surface area contributed by atoms with Gasteiger partial charge in [0.1, 0.15) is 17.4 Å². The summed E-state index contributed by atoms with van der Waals surface area (Å²) in [5.74, 6) is 0.206. The summed E-state index contributed by atoms with van der Waals surface area (Å²) in [6.07, 6.45) is -0.217. The van der Waals surface area contributed by atoms with Crippen LogP contribution in [0.4, 0.5) is 5.69 Å². The zero-order chi connectivity index (χ0) is 20.7. The number of nitrogens with zero attached hydrogens (tertiary/aromatic N) is 2. The minimum Gasteiger partial charge on any atom is -0.509 e. The second-order valence-corrected chi connectivity index (χ2v) is 7.37. The lowest BCUT2D eigenvalue weighted by atomic mass is 10.2.